The van der Waals surface area contributed by atoms with Gasteiger partial charge < -0.3 is 9.84 Å². The Morgan fingerprint density at radius 3 is 1.89 bits per heavy atom. The van der Waals surface area contributed by atoms with Crippen molar-refractivity contribution >= 4 is 17.7 Å². The molecule has 4 unspecified atom stereocenters. The van der Waals surface area contributed by atoms with Gasteiger partial charge in [-0.1, -0.05) is 63.3 Å². The number of ketones is 1. The van der Waals surface area contributed by atoms with Gasteiger partial charge in [-0.25, -0.2) is 0 Å². The number of allylic oxidation sites excluding steroid dienone is 4. The van der Waals surface area contributed by atoms with Crippen LogP contribution in [-0.4, -0.2) is 28.9 Å². The molecule has 4 atom stereocenters. The van der Waals surface area contributed by atoms with Gasteiger partial charge >= 0.3 is 11.9 Å². The Morgan fingerprint density at radius 2 is 1.37 bits per heavy atom. The molecule has 0 rings (SSSR count). The van der Waals surface area contributed by atoms with Crippen molar-refractivity contribution in [2.45, 2.75) is 132 Å². The molecular weight excluding hydrogens is 440 g/mol. The van der Waals surface area contributed by atoms with Crippen molar-refractivity contribution in [3.63, 3.8) is 0 Å². The highest BCUT2D eigenvalue weighted by atomic mass is 16.5. The molecule has 202 valence electrons. The highest BCUT2D eigenvalue weighted by molar-refractivity contribution is 6.14. The first kappa shape index (κ1) is 33.1. The minimum atomic E-state index is -1.71. The summed E-state index contributed by atoms with van der Waals surface area (Å²) in [6, 6.07) is 0. The number of hydrogen-bond donors (Lipinski definition) is 1. The van der Waals surface area contributed by atoms with Gasteiger partial charge in [-0.15, -0.1) is 0 Å². The van der Waals surface area contributed by atoms with E-state index in [1.165, 1.54) is 11.1 Å². The van der Waals surface area contributed by atoms with Crippen LogP contribution in [-0.2, 0) is 19.1 Å². The molecular formula is C30H52O5. The number of carbonyl (C=O) groups excluding carboxylic acids is 2. The average molecular weight is 493 g/mol. The van der Waals surface area contributed by atoms with Crippen LogP contribution >= 0.6 is 0 Å². The molecule has 0 saturated carbocycles. The summed E-state index contributed by atoms with van der Waals surface area (Å²) in [4.78, 5) is 37.2. The van der Waals surface area contributed by atoms with Gasteiger partial charge in [0.1, 0.15) is 6.10 Å². The van der Waals surface area contributed by atoms with Crippen molar-refractivity contribution in [1.82, 2.24) is 0 Å². The van der Waals surface area contributed by atoms with Crippen molar-refractivity contribution in [1.29, 1.82) is 0 Å². The number of aliphatic carboxylic acids is 1. The molecule has 0 aliphatic heterocycles. The predicted molar refractivity (Wildman–Crippen MR) is 144 cm³/mol. The van der Waals surface area contributed by atoms with E-state index in [2.05, 4.69) is 60.6 Å². The summed E-state index contributed by atoms with van der Waals surface area (Å²) in [7, 11) is 0. The normalized spacial score (nSPS) is 14.4. The van der Waals surface area contributed by atoms with Gasteiger partial charge in [0.25, 0.3) is 0 Å². The van der Waals surface area contributed by atoms with Crippen molar-refractivity contribution in [2.75, 3.05) is 0 Å². The number of Topliss-reactive ketones (excluding diaryl/α,β-unsaturated/α-hetero) is 1. The van der Waals surface area contributed by atoms with Crippen molar-refractivity contribution in [3.8, 4) is 0 Å². The monoisotopic (exact) mass is 492 g/mol. The summed E-state index contributed by atoms with van der Waals surface area (Å²) in [6.45, 7) is 14.8. The van der Waals surface area contributed by atoms with E-state index in [0.29, 0.717) is 31.1 Å². The molecule has 1 N–H and O–H groups in total. The number of carboxylic acids is 1. The number of carbonyl (C=O) groups is 3. The molecule has 0 heterocycles. The highest BCUT2D eigenvalue weighted by Crippen LogP contribution is 2.24. The molecule has 0 amide bonds. The quantitative estimate of drug-likeness (QED) is 0.0804. The largest absolute Gasteiger partial charge is 0.480 e. The molecule has 35 heavy (non-hydrogen) atoms. The van der Waals surface area contributed by atoms with Crippen molar-refractivity contribution in [2.24, 2.45) is 17.8 Å². The molecule has 0 spiro atoms. The minimum Gasteiger partial charge on any atom is -0.480 e. The molecule has 0 saturated heterocycles. The van der Waals surface area contributed by atoms with E-state index in [1.54, 1.807) is 0 Å². The van der Waals surface area contributed by atoms with Crippen LogP contribution in [0.25, 0.3) is 0 Å². The first-order valence-electron chi connectivity index (χ1n) is 13.7. The fourth-order valence-corrected chi connectivity index (χ4v) is 4.19. The third-order valence-electron chi connectivity index (χ3n) is 6.43. The van der Waals surface area contributed by atoms with Crippen LogP contribution in [0.3, 0.4) is 0 Å². The van der Waals surface area contributed by atoms with E-state index >= 15 is 0 Å². The molecule has 0 aliphatic carbocycles. The molecule has 5 nitrogen and oxygen atoms in total. The Labute approximate surface area is 214 Å². The second-order valence-corrected chi connectivity index (χ2v) is 10.8. The lowest BCUT2D eigenvalue weighted by molar-refractivity contribution is -0.165. The molecule has 0 aromatic heterocycles. The van der Waals surface area contributed by atoms with Gasteiger partial charge in [-0.2, -0.15) is 0 Å². The molecule has 0 fully saturated rings. The lowest BCUT2D eigenvalue weighted by Crippen LogP contribution is -2.36. The highest BCUT2D eigenvalue weighted by Gasteiger charge is 2.36. The van der Waals surface area contributed by atoms with Crippen LogP contribution in [0.4, 0.5) is 0 Å². The second-order valence-electron chi connectivity index (χ2n) is 10.8. The Bertz CT molecular complexity index is 683. The number of esters is 1. The average Bonchev–Trinajstić information content (AvgIpc) is 2.74. The number of ether oxygens (including phenoxy) is 1. The van der Waals surface area contributed by atoms with Crippen molar-refractivity contribution < 1.29 is 24.2 Å². The van der Waals surface area contributed by atoms with Crippen LogP contribution in [0.2, 0.25) is 0 Å². The summed E-state index contributed by atoms with van der Waals surface area (Å²) in [5.74, 6) is -3.74. The summed E-state index contributed by atoms with van der Waals surface area (Å²) in [5, 5.41) is 9.61. The van der Waals surface area contributed by atoms with Gasteiger partial charge in [0, 0.05) is 6.42 Å². The maximum atomic E-state index is 12.9. The second kappa shape index (κ2) is 19.3. The van der Waals surface area contributed by atoms with Crippen LogP contribution < -0.4 is 0 Å². The standard InChI is InChI=1S/C30H52O5/c1-8-9-10-11-18-27(31)28(29(32)33)30(34)35-26(21-25(7)17-13-15-23(4)5)20-19-24(6)16-12-14-22(2)3/h14-15,24-26,28H,8-13,16-21H2,1-7H3,(H,32,33). The minimum absolute atomic E-state index is 0.108. The zero-order chi connectivity index (χ0) is 26.8. The maximum absolute atomic E-state index is 12.9. The fourth-order valence-electron chi connectivity index (χ4n) is 4.19. The predicted octanol–water partition coefficient (Wildman–Crippen LogP) is 8.07. The first-order chi connectivity index (χ1) is 16.5. The van der Waals surface area contributed by atoms with E-state index in [0.717, 1.165) is 51.4 Å². The summed E-state index contributed by atoms with van der Waals surface area (Å²) >= 11 is 0. The van der Waals surface area contributed by atoms with Crippen LogP contribution in [0.5, 0.6) is 0 Å². The molecule has 0 bridgehead atoms. The van der Waals surface area contributed by atoms with E-state index in [-0.39, 0.29) is 12.5 Å². The van der Waals surface area contributed by atoms with Crippen LogP contribution in [0.15, 0.2) is 23.3 Å². The van der Waals surface area contributed by atoms with Gasteiger partial charge in [0.2, 0.25) is 5.92 Å². The first-order valence-corrected chi connectivity index (χ1v) is 13.7. The van der Waals surface area contributed by atoms with Gasteiger partial charge in [0.05, 0.1) is 0 Å². The molecule has 0 aromatic rings. The lowest BCUT2D eigenvalue weighted by atomic mass is 9.91. The lowest BCUT2D eigenvalue weighted by Gasteiger charge is -2.24. The van der Waals surface area contributed by atoms with Gasteiger partial charge in [0.15, 0.2) is 5.78 Å². The molecule has 0 radical (unpaired) electrons. The number of rotatable bonds is 20. The molecule has 0 aromatic carbocycles. The number of hydrogen-bond acceptors (Lipinski definition) is 4. The summed E-state index contributed by atoms with van der Waals surface area (Å²) < 4.78 is 5.75. The zero-order valence-corrected chi connectivity index (χ0v) is 23.5. The third kappa shape index (κ3) is 17.2. The fraction of sp³-hybridized carbons (Fsp3) is 0.767. The summed E-state index contributed by atoms with van der Waals surface area (Å²) in [5.41, 5.74) is 2.60. The Morgan fingerprint density at radius 1 is 0.800 bits per heavy atom. The number of carboxylic acid groups (broad SMARTS) is 1. The zero-order valence-electron chi connectivity index (χ0n) is 23.5. The van der Waals surface area contributed by atoms with Gasteiger partial charge in [-0.05, 0) is 90.9 Å². The Balaban J connectivity index is 5.18. The van der Waals surface area contributed by atoms with Crippen molar-refractivity contribution in [3.05, 3.63) is 23.3 Å². The van der Waals surface area contributed by atoms with Crippen LogP contribution in [0, 0.1) is 17.8 Å². The smallest absolute Gasteiger partial charge is 0.328 e. The van der Waals surface area contributed by atoms with E-state index in [1.807, 2.05) is 0 Å². The van der Waals surface area contributed by atoms with E-state index in [4.69, 9.17) is 4.74 Å². The topological polar surface area (TPSA) is 80.7 Å². The molecule has 0 aliphatic rings. The van der Waals surface area contributed by atoms with E-state index in [9.17, 15) is 19.5 Å². The van der Waals surface area contributed by atoms with Crippen LogP contribution in [0.1, 0.15) is 126 Å². The Kier molecular flexibility index (Phi) is 18.2. The maximum Gasteiger partial charge on any atom is 0.328 e. The van der Waals surface area contributed by atoms with E-state index < -0.39 is 23.6 Å². The number of unbranched alkanes of at least 4 members (excludes halogenated alkanes) is 3. The molecule has 5 heteroatoms. The third-order valence-corrected chi connectivity index (χ3v) is 6.43. The van der Waals surface area contributed by atoms with Gasteiger partial charge in [-0.3, -0.25) is 14.4 Å². The SMILES string of the molecule is CCCCCCC(=O)C(C(=O)O)C(=O)OC(CCC(C)CCC=C(C)C)CC(C)CCC=C(C)C. The summed E-state index contributed by atoms with van der Waals surface area (Å²) in [6.07, 6.45) is 14.0. The Hall–Kier alpha value is -1.91.